The van der Waals surface area contributed by atoms with Gasteiger partial charge in [-0.15, -0.1) is 0 Å². The van der Waals surface area contributed by atoms with Crippen molar-refractivity contribution >= 4 is 0 Å². The lowest BCUT2D eigenvalue weighted by Gasteiger charge is -2.34. The number of hydrogen-bond acceptors (Lipinski definition) is 4. The van der Waals surface area contributed by atoms with E-state index in [0.717, 1.165) is 24.1 Å². The van der Waals surface area contributed by atoms with Gasteiger partial charge in [-0.2, -0.15) is 0 Å². The summed E-state index contributed by atoms with van der Waals surface area (Å²) >= 11 is 0. The molecule has 0 bridgehead atoms. The Labute approximate surface area is 116 Å². The Balaban J connectivity index is 1.70. The number of aryl methyl sites for hydroxylation is 1. The summed E-state index contributed by atoms with van der Waals surface area (Å²) in [4.78, 5) is 6.82. The molecule has 1 aliphatic heterocycles. The zero-order valence-electron chi connectivity index (χ0n) is 12.5. The number of oxazole rings is 1. The van der Waals surface area contributed by atoms with Gasteiger partial charge in [0.2, 0.25) is 5.89 Å². The number of piperidine rings is 1. The molecule has 4 nitrogen and oxygen atoms in total. The van der Waals surface area contributed by atoms with E-state index in [4.69, 9.17) is 4.42 Å². The summed E-state index contributed by atoms with van der Waals surface area (Å²) in [7, 11) is 0. The van der Waals surface area contributed by atoms with E-state index in [0.29, 0.717) is 6.04 Å². The lowest BCUT2D eigenvalue weighted by Crippen LogP contribution is -2.42. The minimum atomic E-state index is 0.538. The molecule has 1 unspecified atom stereocenters. The zero-order valence-corrected chi connectivity index (χ0v) is 12.5. The molecule has 0 aromatic carbocycles. The molecule has 0 spiro atoms. The van der Waals surface area contributed by atoms with Crippen LogP contribution in [0.25, 0.3) is 0 Å². The molecular formula is C15H27N3O. The molecule has 1 fully saturated rings. The van der Waals surface area contributed by atoms with Crippen LogP contribution in [-0.2, 0) is 6.54 Å². The average Bonchev–Trinajstić information content (AvgIpc) is 2.83. The Morgan fingerprint density at radius 3 is 2.79 bits per heavy atom. The summed E-state index contributed by atoms with van der Waals surface area (Å²) in [6.07, 6.45) is 5.66. The van der Waals surface area contributed by atoms with Crippen molar-refractivity contribution in [3.8, 4) is 0 Å². The molecule has 19 heavy (non-hydrogen) atoms. The minimum Gasteiger partial charge on any atom is -0.445 e. The van der Waals surface area contributed by atoms with Crippen molar-refractivity contribution in [3.05, 3.63) is 17.8 Å². The summed E-state index contributed by atoms with van der Waals surface area (Å²) in [6, 6.07) is 0.538. The highest BCUT2D eigenvalue weighted by Crippen LogP contribution is 2.21. The van der Waals surface area contributed by atoms with E-state index in [2.05, 4.69) is 29.0 Å². The molecule has 1 saturated heterocycles. The fourth-order valence-corrected chi connectivity index (χ4v) is 2.89. The molecule has 1 N–H and O–H groups in total. The van der Waals surface area contributed by atoms with Gasteiger partial charge in [0.25, 0.3) is 0 Å². The third kappa shape index (κ3) is 4.32. The van der Waals surface area contributed by atoms with Gasteiger partial charge in [-0.05, 0) is 58.7 Å². The van der Waals surface area contributed by atoms with Gasteiger partial charge in [0.1, 0.15) is 5.76 Å². The first kappa shape index (κ1) is 14.5. The molecule has 0 radical (unpaired) electrons. The minimum absolute atomic E-state index is 0.538. The van der Waals surface area contributed by atoms with E-state index in [-0.39, 0.29) is 0 Å². The van der Waals surface area contributed by atoms with Gasteiger partial charge < -0.3 is 14.6 Å². The number of rotatable bonds is 6. The monoisotopic (exact) mass is 265 g/mol. The van der Waals surface area contributed by atoms with Crippen LogP contribution < -0.4 is 5.32 Å². The Hall–Kier alpha value is -0.870. The maximum Gasteiger partial charge on any atom is 0.208 e. The van der Waals surface area contributed by atoms with E-state index in [9.17, 15) is 0 Å². The van der Waals surface area contributed by atoms with E-state index in [1.54, 1.807) is 6.20 Å². The fourth-order valence-electron chi connectivity index (χ4n) is 2.89. The Bertz CT molecular complexity index is 369. The number of nitrogens with one attached hydrogen (secondary N) is 1. The SMILES string of the molecule is CCCN1CCC(C(C)NCc2ncc(C)o2)CC1. The van der Waals surface area contributed by atoms with Gasteiger partial charge in [-0.25, -0.2) is 4.98 Å². The number of nitrogens with zero attached hydrogens (tertiary/aromatic N) is 2. The van der Waals surface area contributed by atoms with Crippen molar-refractivity contribution in [1.82, 2.24) is 15.2 Å². The maximum atomic E-state index is 5.49. The van der Waals surface area contributed by atoms with Crippen molar-refractivity contribution in [2.24, 2.45) is 5.92 Å². The smallest absolute Gasteiger partial charge is 0.208 e. The second-order valence-corrected chi connectivity index (χ2v) is 5.71. The van der Waals surface area contributed by atoms with Crippen LogP contribution >= 0.6 is 0 Å². The Morgan fingerprint density at radius 1 is 1.47 bits per heavy atom. The van der Waals surface area contributed by atoms with Gasteiger partial charge in [0.05, 0.1) is 12.7 Å². The van der Waals surface area contributed by atoms with Crippen LogP contribution in [0, 0.1) is 12.8 Å². The molecule has 2 heterocycles. The van der Waals surface area contributed by atoms with Gasteiger partial charge in [0.15, 0.2) is 0 Å². The Morgan fingerprint density at radius 2 is 2.21 bits per heavy atom. The first-order valence-corrected chi connectivity index (χ1v) is 7.56. The van der Waals surface area contributed by atoms with Crippen molar-refractivity contribution in [2.75, 3.05) is 19.6 Å². The van der Waals surface area contributed by atoms with Crippen molar-refractivity contribution in [1.29, 1.82) is 0 Å². The van der Waals surface area contributed by atoms with Crippen LogP contribution in [0.5, 0.6) is 0 Å². The zero-order chi connectivity index (χ0) is 13.7. The highest BCUT2D eigenvalue weighted by molar-refractivity contribution is 4.91. The standard InChI is InChI=1S/C15H27N3O/c1-4-7-18-8-5-14(6-9-18)13(3)16-11-15-17-10-12(2)19-15/h10,13-14,16H,4-9,11H2,1-3H3. The molecule has 1 aliphatic rings. The van der Waals surface area contributed by atoms with Crippen molar-refractivity contribution < 1.29 is 4.42 Å². The summed E-state index contributed by atoms with van der Waals surface area (Å²) in [5, 5.41) is 3.55. The Kier molecular flexibility index (Phi) is 5.40. The van der Waals surface area contributed by atoms with Crippen LogP contribution in [0.4, 0.5) is 0 Å². The molecule has 1 aromatic heterocycles. The third-order valence-electron chi connectivity index (χ3n) is 4.12. The lowest BCUT2D eigenvalue weighted by atomic mass is 9.90. The summed E-state index contributed by atoms with van der Waals surface area (Å²) in [5.74, 6) is 2.47. The van der Waals surface area contributed by atoms with E-state index in [1.807, 2.05) is 6.92 Å². The first-order chi connectivity index (χ1) is 9.19. The summed E-state index contributed by atoms with van der Waals surface area (Å²) in [5.41, 5.74) is 0. The number of hydrogen-bond donors (Lipinski definition) is 1. The molecule has 2 rings (SSSR count). The molecule has 0 saturated carbocycles. The predicted molar refractivity (Wildman–Crippen MR) is 77.0 cm³/mol. The second kappa shape index (κ2) is 7.06. The summed E-state index contributed by atoms with van der Waals surface area (Å²) < 4.78 is 5.49. The van der Waals surface area contributed by atoms with Crippen LogP contribution in [0.15, 0.2) is 10.6 Å². The maximum absolute atomic E-state index is 5.49. The normalized spacial score (nSPS) is 19.7. The van der Waals surface area contributed by atoms with Crippen LogP contribution in [0.3, 0.4) is 0 Å². The third-order valence-corrected chi connectivity index (χ3v) is 4.12. The number of likely N-dealkylation sites (tertiary alicyclic amines) is 1. The molecule has 1 aromatic rings. The van der Waals surface area contributed by atoms with Crippen LogP contribution in [-0.4, -0.2) is 35.6 Å². The highest BCUT2D eigenvalue weighted by atomic mass is 16.4. The second-order valence-electron chi connectivity index (χ2n) is 5.71. The fraction of sp³-hybridized carbons (Fsp3) is 0.800. The highest BCUT2D eigenvalue weighted by Gasteiger charge is 2.23. The molecular weight excluding hydrogens is 238 g/mol. The van der Waals surface area contributed by atoms with Crippen LogP contribution in [0.1, 0.15) is 44.8 Å². The lowest BCUT2D eigenvalue weighted by molar-refractivity contribution is 0.161. The number of aromatic nitrogens is 1. The van der Waals surface area contributed by atoms with E-state index in [1.165, 1.54) is 38.9 Å². The molecule has 1 atom stereocenters. The van der Waals surface area contributed by atoms with E-state index >= 15 is 0 Å². The van der Waals surface area contributed by atoms with Crippen molar-refractivity contribution in [3.63, 3.8) is 0 Å². The van der Waals surface area contributed by atoms with Crippen molar-refractivity contribution in [2.45, 2.75) is 52.6 Å². The largest absolute Gasteiger partial charge is 0.445 e. The summed E-state index contributed by atoms with van der Waals surface area (Å²) in [6.45, 7) is 11.0. The van der Waals surface area contributed by atoms with Crippen LogP contribution in [0.2, 0.25) is 0 Å². The van der Waals surface area contributed by atoms with Gasteiger partial charge in [-0.1, -0.05) is 6.92 Å². The molecule has 4 heteroatoms. The molecule has 108 valence electrons. The topological polar surface area (TPSA) is 41.3 Å². The van der Waals surface area contributed by atoms with E-state index < -0.39 is 0 Å². The van der Waals surface area contributed by atoms with Gasteiger partial charge in [0, 0.05) is 6.04 Å². The first-order valence-electron chi connectivity index (χ1n) is 7.56. The van der Waals surface area contributed by atoms with Gasteiger partial charge >= 0.3 is 0 Å². The molecule has 0 aliphatic carbocycles. The molecule has 0 amide bonds. The predicted octanol–water partition coefficient (Wildman–Crippen LogP) is 2.58. The quantitative estimate of drug-likeness (QED) is 0.858. The average molecular weight is 265 g/mol. The van der Waals surface area contributed by atoms with Gasteiger partial charge in [-0.3, -0.25) is 0 Å².